The Morgan fingerprint density at radius 1 is 1.32 bits per heavy atom. The van der Waals surface area contributed by atoms with Crippen LogP contribution in [-0.4, -0.2) is 45.7 Å². The standard InChI is InChI=1S/C10H9F4N3O2/c11-6-3-15-8(16-4-6)17-2-1-9(12,7(18)19)10(13,14)5-17/h3-4H,1-2,5H2,(H,18,19). The van der Waals surface area contributed by atoms with Crippen LogP contribution in [0.4, 0.5) is 23.5 Å². The molecule has 9 heteroatoms. The van der Waals surface area contributed by atoms with Gasteiger partial charge < -0.3 is 10.0 Å². The van der Waals surface area contributed by atoms with Gasteiger partial charge in [-0.2, -0.15) is 0 Å². The second kappa shape index (κ2) is 4.32. The summed E-state index contributed by atoms with van der Waals surface area (Å²) >= 11 is 0. The number of aliphatic carboxylic acids is 1. The van der Waals surface area contributed by atoms with Crippen molar-refractivity contribution in [3.05, 3.63) is 18.2 Å². The van der Waals surface area contributed by atoms with Crippen LogP contribution in [0.2, 0.25) is 0 Å². The molecule has 2 heterocycles. The molecule has 0 aliphatic carbocycles. The van der Waals surface area contributed by atoms with Crippen LogP contribution in [0.5, 0.6) is 0 Å². The summed E-state index contributed by atoms with van der Waals surface area (Å²) in [5, 5.41) is 8.57. The number of piperidine rings is 1. The highest BCUT2D eigenvalue weighted by Gasteiger charge is 2.63. The maximum absolute atomic E-state index is 13.7. The minimum Gasteiger partial charge on any atom is -0.479 e. The molecule has 1 fully saturated rings. The van der Waals surface area contributed by atoms with Gasteiger partial charge in [0.05, 0.1) is 18.9 Å². The van der Waals surface area contributed by atoms with Gasteiger partial charge in [-0.1, -0.05) is 0 Å². The Hall–Kier alpha value is -1.93. The van der Waals surface area contributed by atoms with E-state index in [1.165, 1.54) is 0 Å². The molecule has 0 spiro atoms. The Kier molecular flexibility index (Phi) is 3.07. The van der Waals surface area contributed by atoms with E-state index in [0.29, 0.717) is 0 Å². The molecule has 0 bridgehead atoms. The highest BCUT2D eigenvalue weighted by molar-refractivity contribution is 5.79. The van der Waals surface area contributed by atoms with Gasteiger partial charge in [-0.3, -0.25) is 0 Å². The molecule has 1 aliphatic rings. The zero-order valence-electron chi connectivity index (χ0n) is 9.48. The molecule has 19 heavy (non-hydrogen) atoms. The van der Waals surface area contributed by atoms with Crippen molar-refractivity contribution < 1.29 is 27.5 Å². The third kappa shape index (κ3) is 2.20. The zero-order chi connectivity index (χ0) is 14.3. The minimum absolute atomic E-state index is 0.200. The van der Waals surface area contributed by atoms with Crippen LogP contribution < -0.4 is 4.90 Å². The SMILES string of the molecule is O=C(O)C1(F)CCN(c2ncc(F)cn2)CC1(F)F. The highest BCUT2D eigenvalue weighted by atomic mass is 19.3. The predicted octanol–water partition coefficient (Wildman–Crippen LogP) is 1.25. The van der Waals surface area contributed by atoms with E-state index in [0.717, 1.165) is 17.3 Å². The minimum atomic E-state index is -4.09. The first-order valence-corrected chi connectivity index (χ1v) is 5.29. The average molecular weight is 279 g/mol. The molecule has 1 aromatic rings. The first-order chi connectivity index (χ1) is 8.76. The van der Waals surface area contributed by atoms with E-state index in [4.69, 9.17) is 5.11 Å². The average Bonchev–Trinajstić information content (AvgIpc) is 2.33. The molecule has 1 unspecified atom stereocenters. The van der Waals surface area contributed by atoms with E-state index in [1.54, 1.807) is 0 Å². The van der Waals surface area contributed by atoms with E-state index in [9.17, 15) is 22.4 Å². The van der Waals surface area contributed by atoms with Crippen LogP contribution in [0.15, 0.2) is 12.4 Å². The van der Waals surface area contributed by atoms with Crippen molar-refractivity contribution in [2.45, 2.75) is 18.0 Å². The molecular formula is C10H9F4N3O2. The van der Waals surface area contributed by atoms with Crippen LogP contribution in [-0.2, 0) is 4.79 Å². The number of rotatable bonds is 2. The maximum atomic E-state index is 13.7. The number of anilines is 1. The lowest BCUT2D eigenvalue weighted by Gasteiger charge is -2.39. The molecule has 0 amide bonds. The van der Waals surface area contributed by atoms with Gasteiger partial charge in [0, 0.05) is 13.0 Å². The largest absolute Gasteiger partial charge is 0.479 e. The van der Waals surface area contributed by atoms with Crippen LogP contribution >= 0.6 is 0 Å². The number of carboxylic acids is 1. The maximum Gasteiger partial charge on any atom is 0.348 e. The van der Waals surface area contributed by atoms with Gasteiger partial charge in [-0.15, -0.1) is 0 Å². The van der Waals surface area contributed by atoms with Crippen LogP contribution in [0.25, 0.3) is 0 Å². The summed E-state index contributed by atoms with van der Waals surface area (Å²) in [7, 11) is 0. The summed E-state index contributed by atoms with van der Waals surface area (Å²) < 4.78 is 53.5. The van der Waals surface area contributed by atoms with Crippen LogP contribution in [0.1, 0.15) is 6.42 Å². The molecule has 1 saturated heterocycles. The van der Waals surface area contributed by atoms with Gasteiger partial charge >= 0.3 is 11.9 Å². The zero-order valence-corrected chi connectivity index (χ0v) is 9.48. The van der Waals surface area contributed by atoms with Gasteiger partial charge in [0.2, 0.25) is 5.95 Å². The van der Waals surface area contributed by atoms with Crippen molar-refractivity contribution in [1.82, 2.24) is 9.97 Å². The Morgan fingerprint density at radius 2 is 1.89 bits per heavy atom. The fourth-order valence-corrected chi connectivity index (χ4v) is 1.82. The van der Waals surface area contributed by atoms with Crippen molar-refractivity contribution in [2.24, 2.45) is 0 Å². The number of aromatic nitrogens is 2. The number of nitrogens with zero attached hydrogens (tertiary/aromatic N) is 3. The molecule has 1 aliphatic heterocycles. The van der Waals surface area contributed by atoms with E-state index < -0.39 is 36.3 Å². The fourth-order valence-electron chi connectivity index (χ4n) is 1.82. The monoisotopic (exact) mass is 279 g/mol. The summed E-state index contributed by atoms with van der Waals surface area (Å²) in [6.45, 7) is -1.48. The number of hydrogen-bond acceptors (Lipinski definition) is 4. The van der Waals surface area contributed by atoms with Crippen molar-refractivity contribution in [1.29, 1.82) is 0 Å². The fraction of sp³-hybridized carbons (Fsp3) is 0.500. The third-order valence-corrected chi connectivity index (χ3v) is 2.92. The summed E-state index contributed by atoms with van der Waals surface area (Å²) in [6.07, 6.45) is 0.667. The van der Waals surface area contributed by atoms with Crippen molar-refractivity contribution >= 4 is 11.9 Å². The first kappa shape index (κ1) is 13.5. The number of hydrogen-bond donors (Lipinski definition) is 1. The van der Waals surface area contributed by atoms with Crippen molar-refractivity contribution in [3.63, 3.8) is 0 Å². The Balaban J connectivity index is 2.23. The summed E-state index contributed by atoms with van der Waals surface area (Å²) in [5.74, 6) is -7.22. The van der Waals surface area contributed by atoms with Crippen molar-refractivity contribution in [2.75, 3.05) is 18.0 Å². The number of carbonyl (C=O) groups is 1. The third-order valence-electron chi connectivity index (χ3n) is 2.92. The molecule has 5 nitrogen and oxygen atoms in total. The first-order valence-electron chi connectivity index (χ1n) is 5.29. The summed E-state index contributed by atoms with van der Waals surface area (Å²) in [4.78, 5) is 18.5. The molecule has 1 N–H and O–H groups in total. The lowest BCUT2D eigenvalue weighted by molar-refractivity contribution is -0.187. The molecule has 104 valence electrons. The summed E-state index contributed by atoms with van der Waals surface area (Å²) in [5.41, 5.74) is -3.61. The second-order valence-corrected chi connectivity index (χ2v) is 4.18. The molecule has 0 radical (unpaired) electrons. The molecule has 0 saturated carbocycles. The number of halogens is 4. The van der Waals surface area contributed by atoms with E-state index in [1.807, 2.05) is 0 Å². The lowest BCUT2D eigenvalue weighted by atomic mass is 9.89. The molecular weight excluding hydrogens is 270 g/mol. The van der Waals surface area contributed by atoms with Gasteiger partial charge in [-0.05, 0) is 0 Å². The van der Waals surface area contributed by atoms with Gasteiger partial charge in [0.25, 0.3) is 5.67 Å². The molecule has 0 aromatic carbocycles. The van der Waals surface area contributed by atoms with E-state index in [2.05, 4.69) is 9.97 Å². The Bertz CT molecular complexity index is 496. The van der Waals surface area contributed by atoms with Crippen LogP contribution in [0, 0.1) is 5.82 Å². The number of alkyl halides is 3. The van der Waals surface area contributed by atoms with Gasteiger partial charge in [0.15, 0.2) is 5.82 Å². The topological polar surface area (TPSA) is 66.3 Å². The molecule has 2 rings (SSSR count). The predicted molar refractivity (Wildman–Crippen MR) is 55.2 cm³/mol. The molecule has 1 atom stereocenters. The smallest absolute Gasteiger partial charge is 0.348 e. The quantitative estimate of drug-likeness (QED) is 0.825. The highest BCUT2D eigenvalue weighted by Crippen LogP contribution is 2.40. The molecule has 1 aromatic heterocycles. The van der Waals surface area contributed by atoms with E-state index in [-0.39, 0.29) is 12.5 Å². The normalized spacial score (nSPS) is 26.2. The van der Waals surface area contributed by atoms with Crippen molar-refractivity contribution in [3.8, 4) is 0 Å². The van der Waals surface area contributed by atoms with Gasteiger partial charge in [0.1, 0.15) is 0 Å². The van der Waals surface area contributed by atoms with Crippen LogP contribution in [0.3, 0.4) is 0 Å². The number of carboxylic acid groups (broad SMARTS) is 1. The summed E-state index contributed by atoms with van der Waals surface area (Å²) in [6, 6.07) is 0. The van der Waals surface area contributed by atoms with E-state index >= 15 is 0 Å². The van der Waals surface area contributed by atoms with Gasteiger partial charge in [-0.25, -0.2) is 32.3 Å². The second-order valence-electron chi connectivity index (χ2n) is 4.18. The lowest BCUT2D eigenvalue weighted by Crippen LogP contribution is -2.62. The Labute approximate surface area is 104 Å². The Morgan fingerprint density at radius 3 is 2.37 bits per heavy atom.